The summed E-state index contributed by atoms with van der Waals surface area (Å²) in [6.07, 6.45) is 0.935. The third-order valence-electron chi connectivity index (χ3n) is 3.87. The Hall–Kier alpha value is -2.93. The van der Waals surface area contributed by atoms with Gasteiger partial charge in [-0.3, -0.25) is 9.10 Å². The molecule has 0 aliphatic carbocycles. The lowest BCUT2D eigenvalue weighted by atomic mass is 10.1. The van der Waals surface area contributed by atoms with Gasteiger partial charge >= 0.3 is 0 Å². The summed E-state index contributed by atoms with van der Waals surface area (Å²) in [4.78, 5) is 12.5. The maximum Gasteiger partial charge on any atom is 0.245 e. The standard InChI is InChI=1S/C19H17FN2O3S/c1-26(24,25)22(18-12-5-4-10-16(18)20)13-19(23)21-17-11-6-8-14-7-2-3-9-15(14)17/h2-12H,13H2,1H3,(H,21,23). The number of hydrogen-bond donors (Lipinski definition) is 1. The number of hydrogen-bond acceptors (Lipinski definition) is 3. The van der Waals surface area contributed by atoms with Gasteiger partial charge in [-0.25, -0.2) is 12.8 Å². The van der Waals surface area contributed by atoms with E-state index < -0.39 is 28.3 Å². The first-order valence-electron chi connectivity index (χ1n) is 7.86. The minimum absolute atomic E-state index is 0.164. The maximum atomic E-state index is 14.0. The highest BCUT2D eigenvalue weighted by atomic mass is 32.2. The number of rotatable bonds is 5. The molecule has 3 aromatic rings. The van der Waals surface area contributed by atoms with Gasteiger partial charge in [0.1, 0.15) is 12.4 Å². The van der Waals surface area contributed by atoms with E-state index in [-0.39, 0.29) is 5.69 Å². The molecule has 0 aromatic heterocycles. The average Bonchev–Trinajstić information content (AvgIpc) is 2.60. The largest absolute Gasteiger partial charge is 0.324 e. The normalized spacial score (nSPS) is 11.3. The van der Waals surface area contributed by atoms with Crippen LogP contribution in [0.1, 0.15) is 0 Å². The second-order valence-electron chi connectivity index (χ2n) is 5.80. The summed E-state index contributed by atoms with van der Waals surface area (Å²) in [5, 5.41) is 4.49. The van der Waals surface area contributed by atoms with Crippen molar-refractivity contribution < 1.29 is 17.6 Å². The Morgan fingerprint density at radius 3 is 2.38 bits per heavy atom. The van der Waals surface area contributed by atoms with Crippen LogP contribution in [0.4, 0.5) is 15.8 Å². The van der Waals surface area contributed by atoms with Gasteiger partial charge < -0.3 is 5.32 Å². The highest BCUT2D eigenvalue weighted by Gasteiger charge is 2.23. The van der Waals surface area contributed by atoms with Gasteiger partial charge in [-0.15, -0.1) is 0 Å². The third-order valence-corrected chi connectivity index (χ3v) is 5.00. The van der Waals surface area contributed by atoms with Crippen LogP contribution in [-0.2, 0) is 14.8 Å². The molecule has 0 saturated carbocycles. The lowest BCUT2D eigenvalue weighted by molar-refractivity contribution is -0.114. The van der Waals surface area contributed by atoms with Crippen LogP contribution in [0.3, 0.4) is 0 Å². The van der Waals surface area contributed by atoms with Gasteiger partial charge in [0.05, 0.1) is 11.9 Å². The fourth-order valence-corrected chi connectivity index (χ4v) is 3.55. The van der Waals surface area contributed by atoms with Gasteiger partial charge in [0.15, 0.2) is 0 Å². The summed E-state index contributed by atoms with van der Waals surface area (Å²) in [6, 6.07) is 18.4. The first-order valence-corrected chi connectivity index (χ1v) is 9.71. The average molecular weight is 372 g/mol. The first-order chi connectivity index (χ1) is 12.4. The molecule has 0 heterocycles. The van der Waals surface area contributed by atoms with E-state index in [0.29, 0.717) is 5.69 Å². The second-order valence-corrected chi connectivity index (χ2v) is 7.70. The molecule has 3 rings (SSSR count). The SMILES string of the molecule is CS(=O)(=O)N(CC(=O)Nc1cccc2ccccc12)c1ccccc1F. The summed E-state index contributed by atoms with van der Waals surface area (Å²) >= 11 is 0. The zero-order chi connectivity index (χ0) is 18.7. The van der Waals surface area contributed by atoms with Crippen molar-refractivity contribution in [2.45, 2.75) is 0 Å². The molecule has 0 aliphatic rings. The Morgan fingerprint density at radius 1 is 1.00 bits per heavy atom. The smallest absolute Gasteiger partial charge is 0.245 e. The van der Waals surface area contributed by atoms with Crippen LogP contribution in [0.5, 0.6) is 0 Å². The number of amides is 1. The van der Waals surface area contributed by atoms with Crippen molar-refractivity contribution >= 4 is 38.1 Å². The van der Waals surface area contributed by atoms with Crippen LogP contribution in [0.15, 0.2) is 66.7 Å². The molecule has 0 fully saturated rings. The van der Waals surface area contributed by atoms with Crippen LogP contribution in [0.2, 0.25) is 0 Å². The molecular formula is C19H17FN2O3S. The lowest BCUT2D eigenvalue weighted by Crippen LogP contribution is -2.38. The summed E-state index contributed by atoms with van der Waals surface area (Å²) in [7, 11) is -3.84. The van der Waals surface area contributed by atoms with Gasteiger partial charge in [-0.2, -0.15) is 0 Å². The number of anilines is 2. The van der Waals surface area contributed by atoms with Crippen LogP contribution >= 0.6 is 0 Å². The van der Waals surface area contributed by atoms with E-state index in [4.69, 9.17) is 0 Å². The van der Waals surface area contributed by atoms with Gasteiger partial charge in [0.25, 0.3) is 0 Å². The highest BCUT2D eigenvalue weighted by molar-refractivity contribution is 7.92. The summed E-state index contributed by atoms with van der Waals surface area (Å²) in [5.74, 6) is -1.27. The van der Waals surface area contributed by atoms with E-state index >= 15 is 0 Å². The second kappa shape index (κ2) is 7.13. The monoisotopic (exact) mass is 372 g/mol. The number of nitrogens with zero attached hydrogens (tertiary/aromatic N) is 1. The van der Waals surface area contributed by atoms with Crippen LogP contribution < -0.4 is 9.62 Å². The molecule has 3 aromatic carbocycles. The molecule has 0 aliphatic heterocycles. The van der Waals surface area contributed by atoms with E-state index in [9.17, 15) is 17.6 Å². The summed E-state index contributed by atoms with van der Waals surface area (Å²) < 4.78 is 38.9. The van der Waals surface area contributed by atoms with E-state index in [0.717, 1.165) is 27.4 Å². The fraction of sp³-hybridized carbons (Fsp3) is 0.105. The van der Waals surface area contributed by atoms with E-state index in [1.165, 1.54) is 18.2 Å². The Bertz CT molecular complexity index is 1060. The minimum atomic E-state index is -3.84. The van der Waals surface area contributed by atoms with E-state index in [2.05, 4.69) is 5.32 Å². The van der Waals surface area contributed by atoms with Crippen LogP contribution in [0, 0.1) is 5.82 Å². The Kier molecular flexibility index (Phi) is 4.90. The molecule has 134 valence electrons. The molecule has 7 heteroatoms. The molecular weight excluding hydrogens is 355 g/mol. The van der Waals surface area contributed by atoms with Crippen LogP contribution in [-0.4, -0.2) is 27.1 Å². The Balaban J connectivity index is 1.88. The molecule has 1 amide bonds. The number of carbonyl (C=O) groups is 1. The van der Waals surface area contributed by atoms with E-state index in [1.54, 1.807) is 12.1 Å². The number of carbonyl (C=O) groups excluding carboxylic acids is 1. The molecule has 5 nitrogen and oxygen atoms in total. The van der Waals surface area contributed by atoms with Crippen molar-refractivity contribution in [3.63, 3.8) is 0 Å². The fourth-order valence-electron chi connectivity index (χ4n) is 2.69. The van der Waals surface area contributed by atoms with Crippen molar-refractivity contribution in [3.8, 4) is 0 Å². The quantitative estimate of drug-likeness (QED) is 0.747. The third kappa shape index (κ3) is 3.83. The number of benzene rings is 3. The van der Waals surface area contributed by atoms with Crippen molar-refractivity contribution in [2.24, 2.45) is 0 Å². The molecule has 0 atom stereocenters. The summed E-state index contributed by atoms with van der Waals surface area (Å²) in [6.45, 7) is -0.525. The highest BCUT2D eigenvalue weighted by Crippen LogP contribution is 2.24. The van der Waals surface area contributed by atoms with Crippen molar-refractivity contribution in [1.82, 2.24) is 0 Å². The Morgan fingerprint density at radius 2 is 1.65 bits per heavy atom. The first kappa shape index (κ1) is 17.9. The lowest BCUT2D eigenvalue weighted by Gasteiger charge is -2.22. The van der Waals surface area contributed by atoms with Gasteiger partial charge in [0.2, 0.25) is 15.9 Å². The predicted molar refractivity (Wildman–Crippen MR) is 101 cm³/mol. The van der Waals surface area contributed by atoms with Gasteiger partial charge in [-0.1, -0.05) is 48.5 Å². The number of halogens is 1. The van der Waals surface area contributed by atoms with Crippen LogP contribution in [0.25, 0.3) is 10.8 Å². The maximum absolute atomic E-state index is 14.0. The molecule has 0 radical (unpaired) electrons. The molecule has 1 N–H and O–H groups in total. The van der Waals surface area contributed by atoms with Gasteiger partial charge in [-0.05, 0) is 23.6 Å². The molecule has 0 bridgehead atoms. The van der Waals surface area contributed by atoms with Crippen molar-refractivity contribution in [2.75, 3.05) is 22.4 Å². The minimum Gasteiger partial charge on any atom is -0.324 e. The molecule has 26 heavy (non-hydrogen) atoms. The zero-order valence-corrected chi connectivity index (χ0v) is 14.8. The molecule has 0 spiro atoms. The molecule has 0 saturated heterocycles. The Labute approximate surface area is 151 Å². The molecule has 0 unspecified atom stereocenters. The topological polar surface area (TPSA) is 66.5 Å². The summed E-state index contributed by atoms with van der Waals surface area (Å²) in [5.41, 5.74) is 0.401. The predicted octanol–water partition coefficient (Wildman–Crippen LogP) is 3.38. The number of fused-ring (bicyclic) bond motifs is 1. The number of sulfonamides is 1. The zero-order valence-electron chi connectivity index (χ0n) is 14.0. The van der Waals surface area contributed by atoms with Crippen molar-refractivity contribution in [1.29, 1.82) is 0 Å². The number of nitrogens with one attached hydrogen (secondary N) is 1. The van der Waals surface area contributed by atoms with Crippen molar-refractivity contribution in [3.05, 3.63) is 72.5 Å². The van der Waals surface area contributed by atoms with Gasteiger partial charge in [0, 0.05) is 11.1 Å². The van der Waals surface area contributed by atoms with E-state index in [1.807, 2.05) is 30.3 Å². The number of para-hydroxylation sites is 1.